The molecule has 2 saturated heterocycles. The molecule has 0 bridgehead atoms. The second kappa shape index (κ2) is 6.78. The van der Waals surface area contributed by atoms with Crippen molar-refractivity contribution >= 4 is 5.91 Å². The zero-order chi connectivity index (χ0) is 17.4. The molecule has 1 aromatic carbocycles. The number of likely N-dealkylation sites (tertiary alicyclic amines) is 2. The first kappa shape index (κ1) is 16.6. The normalized spacial score (nSPS) is 29.4. The maximum atomic E-state index is 12.5. The van der Waals surface area contributed by atoms with E-state index in [4.69, 9.17) is 5.26 Å². The van der Waals surface area contributed by atoms with Crippen LogP contribution in [0.15, 0.2) is 24.3 Å². The lowest BCUT2D eigenvalue weighted by Gasteiger charge is -2.26. The van der Waals surface area contributed by atoms with Crippen molar-refractivity contribution in [3.8, 4) is 6.07 Å². The minimum absolute atomic E-state index is 0.0396. The Hall–Kier alpha value is -1.90. The Morgan fingerprint density at radius 3 is 2.92 bits per heavy atom. The molecule has 0 radical (unpaired) electrons. The molecule has 1 N–H and O–H groups in total. The Balaban J connectivity index is 1.32. The van der Waals surface area contributed by atoms with Crippen molar-refractivity contribution in [1.82, 2.24) is 15.1 Å². The Bertz CT molecular complexity index is 693. The summed E-state index contributed by atoms with van der Waals surface area (Å²) in [6, 6.07) is 10.6. The maximum absolute atomic E-state index is 12.5. The Morgan fingerprint density at radius 2 is 2.20 bits per heavy atom. The lowest BCUT2D eigenvalue weighted by molar-refractivity contribution is -0.125. The third-order valence-electron chi connectivity index (χ3n) is 6.05. The number of rotatable bonds is 5. The van der Waals surface area contributed by atoms with Gasteiger partial charge in [0.1, 0.15) is 0 Å². The molecule has 2 heterocycles. The van der Waals surface area contributed by atoms with Crippen LogP contribution in [-0.2, 0) is 11.3 Å². The van der Waals surface area contributed by atoms with Crippen LogP contribution in [0, 0.1) is 23.2 Å². The predicted octanol–water partition coefficient (Wildman–Crippen LogP) is 1.59. The molecular formula is C20H26N4O. The lowest BCUT2D eigenvalue weighted by atomic mass is 10.0. The first-order valence-corrected chi connectivity index (χ1v) is 9.35. The van der Waals surface area contributed by atoms with Gasteiger partial charge in [-0.2, -0.15) is 5.26 Å². The predicted molar refractivity (Wildman–Crippen MR) is 95.6 cm³/mol. The maximum Gasteiger partial charge on any atom is 0.237 e. The third-order valence-corrected chi connectivity index (χ3v) is 6.05. The number of likely N-dealkylation sites (N-methyl/N-ethyl adjacent to an activating group) is 1. The average Bonchev–Trinajstić information content (AvgIpc) is 3.29. The molecule has 25 heavy (non-hydrogen) atoms. The van der Waals surface area contributed by atoms with Gasteiger partial charge in [-0.3, -0.25) is 14.6 Å². The van der Waals surface area contributed by atoms with Crippen LogP contribution in [0.2, 0.25) is 0 Å². The summed E-state index contributed by atoms with van der Waals surface area (Å²) in [6.07, 6.45) is 3.51. The fraction of sp³-hybridized carbons (Fsp3) is 0.600. The summed E-state index contributed by atoms with van der Waals surface area (Å²) >= 11 is 0. The zero-order valence-corrected chi connectivity index (χ0v) is 14.8. The number of nitriles is 1. The molecular weight excluding hydrogens is 312 g/mol. The van der Waals surface area contributed by atoms with Crippen molar-refractivity contribution in [3.63, 3.8) is 0 Å². The van der Waals surface area contributed by atoms with Crippen molar-refractivity contribution in [2.45, 2.75) is 37.9 Å². The van der Waals surface area contributed by atoms with Gasteiger partial charge < -0.3 is 5.32 Å². The largest absolute Gasteiger partial charge is 0.354 e. The number of hydrogen-bond acceptors (Lipinski definition) is 4. The fourth-order valence-electron chi connectivity index (χ4n) is 4.42. The summed E-state index contributed by atoms with van der Waals surface area (Å²) in [6.45, 7) is 3.79. The molecule has 4 rings (SSSR count). The van der Waals surface area contributed by atoms with Crippen molar-refractivity contribution in [1.29, 1.82) is 5.26 Å². The topological polar surface area (TPSA) is 59.4 Å². The van der Waals surface area contributed by atoms with Crippen molar-refractivity contribution in [2.24, 2.45) is 11.8 Å². The minimum atomic E-state index is 0.0396. The molecule has 1 aliphatic carbocycles. The van der Waals surface area contributed by atoms with Crippen LogP contribution >= 0.6 is 0 Å². The van der Waals surface area contributed by atoms with E-state index in [2.05, 4.69) is 34.3 Å². The van der Waals surface area contributed by atoms with Crippen LogP contribution in [0.5, 0.6) is 0 Å². The number of fused-ring (bicyclic) bond motifs is 1. The second-order valence-corrected chi connectivity index (χ2v) is 7.94. The van der Waals surface area contributed by atoms with E-state index in [1.54, 1.807) is 0 Å². The average molecular weight is 338 g/mol. The van der Waals surface area contributed by atoms with Gasteiger partial charge in [-0.25, -0.2) is 0 Å². The molecule has 3 fully saturated rings. The molecule has 2 aliphatic heterocycles. The molecule has 1 saturated carbocycles. The van der Waals surface area contributed by atoms with Crippen LogP contribution in [-0.4, -0.2) is 54.5 Å². The number of carbonyl (C=O) groups excluding carboxylic acids is 1. The van der Waals surface area contributed by atoms with Gasteiger partial charge in [-0.05, 0) is 55.8 Å². The highest BCUT2D eigenvalue weighted by atomic mass is 16.2. The number of amides is 1. The number of hydrogen-bond donors (Lipinski definition) is 1. The van der Waals surface area contributed by atoms with Gasteiger partial charge in [0.05, 0.1) is 17.7 Å². The van der Waals surface area contributed by atoms with Gasteiger partial charge >= 0.3 is 0 Å². The van der Waals surface area contributed by atoms with Crippen LogP contribution < -0.4 is 5.32 Å². The first-order valence-electron chi connectivity index (χ1n) is 9.35. The minimum Gasteiger partial charge on any atom is -0.354 e. The number of carbonyl (C=O) groups is 1. The molecule has 3 atom stereocenters. The highest BCUT2D eigenvalue weighted by Gasteiger charge is 2.47. The van der Waals surface area contributed by atoms with Gasteiger partial charge in [0.15, 0.2) is 0 Å². The van der Waals surface area contributed by atoms with Gasteiger partial charge in [0.25, 0.3) is 0 Å². The fourth-order valence-corrected chi connectivity index (χ4v) is 4.42. The standard InChI is InChI=1S/C20H26N4O/c1-23-18(20(25)22-10-14-5-6-14)8-17-12-24(13-19(17)23)11-16-4-2-3-15(7-16)9-21/h2-4,7,14,17-19H,5-6,8,10-13H2,1H3,(H,22,25)/t17-,18+,19+/m1/s1. The molecule has 1 aromatic rings. The molecule has 3 aliphatic rings. The summed E-state index contributed by atoms with van der Waals surface area (Å²) in [5.41, 5.74) is 1.92. The van der Waals surface area contributed by atoms with E-state index in [0.717, 1.165) is 44.1 Å². The van der Waals surface area contributed by atoms with E-state index in [9.17, 15) is 4.79 Å². The summed E-state index contributed by atoms with van der Waals surface area (Å²) in [4.78, 5) is 17.2. The Labute approximate surface area is 149 Å². The van der Waals surface area contributed by atoms with E-state index in [1.807, 2.05) is 18.2 Å². The van der Waals surface area contributed by atoms with Crippen molar-refractivity contribution in [2.75, 3.05) is 26.7 Å². The highest BCUT2D eigenvalue weighted by Crippen LogP contribution is 2.35. The quantitative estimate of drug-likeness (QED) is 0.886. The molecule has 0 spiro atoms. The van der Waals surface area contributed by atoms with Gasteiger partial charge in [0, 0.05) is 32.2 Å². The Morgan fingerprint density at radius 1 is 1.36 bits per heavy atom. The van der Waals surface area contributed by atoms with E-state index in [0.29, 0.717) is 12.0 Å². The monoisotopic (exact) mass is 338 g/mol. The molecule has 1 amide bonds. The van der Waals surface area contributed by atoms with Gasteiger partial charge in [-0.1, -0.05) is 12.1 Å². The molecule has 0 aromatic heterocycles. The lowest BCUT2D eigenvalue weighted by Crippen LogP contribution is -2.46. The smallest absolute Gasteiger partial charge is 0.237 e. The Kier molecular flexibility index (Phi) is 4.49. The summed E-state index contributed by atoms with van der Waals surface area (Å²) < 4.78 is 0. The van der Waals surface area contributed by atoms with Crippen LogP contribution in [0.4, 0.5) is 0 Å². The number of nitrogens with one attached hydrogen (secondary N) is 1. The summed E-state index contributed by atoms with van der Waals surface area (Å²) in [5, 5.41) is 12.2. The second-order valence-electron chi connectivity index (χ2n) is 7.94. The zero-order valence-electron chi connectivity index (χ0n) is 14.8. The van der Waals surface area contributed by atoms with Gasteiger partial charge in [-0.15, -0.1) is 0 Å². The van der Waals surface area contributed by atoms with E-state index in [-0.39, 0.29) is 11.9 Å². The number of nitrogens with zero attached hydrogens (tertiary/aromatic N) is 3. The van der Waals surface area contributed by atoms with Crippen molar-refractivity contribution < 1.29 is 4.79 Å². The highest BCUT2D eigenvalue weighted by molar-refractivity contribution is 5.82. The molecule has 132 valence electrons. The van der Waals surface area contributed by atoms with Crippen LogP contribution in [0.3, 0.4) is 0 Å². The van der Waals surface area contributed by atoms with Crippen molar-refractivity contribution in [3.05, 3.63) is 35.4 Å². The first-order chi connectivity index (χ1) is 12.1. The molecule has 5 heteroatoms. The van der Waals surface area contributed by atoms with E-state index >= 15 is 0 Å². The summed E-state index contributed by atoms with van der Waals surface area (Å²) in [5.74, 6) is 1.52. The SMILES string of the molecule is CN1[C@H](C(=O)NCC2CC2)C[C@@H]2CN(Cc3cccc(C#N)c3)C[C@@H]21. The van der Waals surface area contributed by atoms with E-state index < -0.39 is 0 Å². The van der Waals surface area contributed by atoms with Crippen LogP contribution in [0.25, 0.3) is 0 Å². The third kappa shape index (κ3) is 3.56. The number of benzene rings is 1. The molecule has 0 unspecified atom stereocenters. The molecule has 5 nitrogen and oxygen atoms in total. The summed E-state index contributed by atoms with van der Waals surface area (Å²) in [7, 11) is 2.10. The van der Waals surface area contributed by atoms with Gasteiger partial charge in [0.2, 0.25) is 5.91 Å². The van der Waals surface area contributed by atoms with E-state index in [1.165, 1.54) is 18.4 Å². The van der Waals surface area contributed by atoms with Crippen LogP contribution in [0.1, 0.15) is 30.4 Å².